The van der Waals surface area contributed by atoms with Crippen LogP contribution in [-0.4, -0.2) is 38.5 Å². The molecule has 1 atom stereocenters. The zero-order valence-electron chi connectivity index (χ0n) is 14.7. The van der Waals surface area contributed by atoms with E-state index in [4.69, 9.17) is 4.74 Å². The number of hydrogen-bond acceptors (Lipinski definition) is 6. The van der Waals surface area contributed by atoms with Gasteiger partial charge in [0.2, 0.25) is 11.1 Å². The van der Waals surface area contributed by atoms with E-state index >= 15 is 0 Å². The van der Waals surface area contributed by atoms with E-state index in [0.29, 0.717) is 10.8 Å². The van der Waals surface area contributed by atoms with E-state index in [0.717, 1.165) is 17.0 Å². The number of tetrazole rings is 1. The first-order valence-electron chi connectivity index (χ1n) is 8.04. The third kappa shape index (κ3) is 4.02. The van der Waals surface area contributed by atoms with E-state index in [-0.39, 0.29) is 11.2 Å². The first-order chi connectivity index (χ1) is 12.6. The molecule has 0 aliphatic carbocycles. The first-order valence-corrected chi connectivity index (χ1v) is 8.92. The topological polar surface area (TPSA) is 81.9 Å². The quantitative estimate of drug-likeness (QED) is 0.673. The normalized spacial score (nSPS) is 11.8. The molecule has 3 rings (SSSR count). The third-order valence-corrected chi connectivity index (χ3v) is 4.83. The molecule has 134 valence electrons. The Labute approximate surface area is 155 Å². The molecule has 1 aromatic heterocycles. The lowest BCUT2D eigenvalue weighted by molar-refractivity contribution is -0.115. The smallest absolute Gasteiger partial charge is 0.237 e. The Bertz CT molecular complexity index is 895. The summed E-state index contributed by atoms with van der Waals surface area (Å²) in [5.74, 6) is 0.613. The van der Waals surface area contributed by atoms with Crippen LogP contribution in [0.25, 0.3) is 5.69 Å². The number of aryl methyl sites for hydroxylation is 1. The lowest BCUT2D eigenvalue weighted by Gasteiger charge is -2.12. The van der Waals surface area contributed by atoms with Gasteiger partial charge in [-0.2, -0.15) is 4.68 Å². The van der Waals surface area contributed by atoms with Crippen LogP contribution in [-0.2, 0) is 4.79 Å². The lowest BCUT2D eigenvalue weighted by atomic mass is 10.2. The van der Waals surface area contributed by atoms with Gasteiger partial charge < -0.3 is 10.1 Å². The van der Waals surface area contributed by atoms with E-state index in [1.54, 1.807) is 36.1 Å². The number of rotatable bonds is 6. The molecule has 0 saturated heterocycles. The summed E-state index contributed by atoms with van der Waals surface area (Å²) in [6.07, 6.45) is 0. The second-order valence-corrected chi connectivity index (χ2v) is 6.95. The van der Waals surface area contributed by atoms with Crippen LogP contribution in [0.15, 0.2) is 53.7 Å². The number of aromatic nitrogens is 4. The summed E-state index contributed by atoms with van der Waals surface area (Å²) >= 11 is 1.31. The summed E-state index contributed by atoms with van der Waals surface area (Å²) in [4.78, 5) is 12.5. The van der Waals surface area contributed by atoms with Crippen molar-refractivity contribution in [1.82, 2.24) is 20.2 Å². The predicted octanol–water partition coefficient (Wildman–Crippen LogP) is 3.10. The molecule has 0 bridgehead atoms. The standard InChI is InChI=1S/C18H19N5O2S/c1-12-6-4-5-7-16(12)23-18(20-21-22-23)26-13(2)17(24)19-14-8-10-15(25-3)11-9-14/h4-11,13H,1-3H3,(H,19,24). The van der Waals surface area contributed by atoms with Gasteiger partial charge in [0, 0.05) is 5.69 Å². The highest BCUT2D eigenvalue weighted by atomic mass is 32.2. The molecule has 1 unspecified atom stereocenters. The fraction of sp³-hybridized carbons (Fsp3) is 0.222. The highest BCUT2D eigenvalue weighted by molar-refractivity contribution is 8.00. The zero-order valence-corrected chi connectivity index (χ0v) is 15.5. The van der Waals surface area contributed by atoms with Gasteiger partial charge in [-0.25, -0.2) is 0 Å². The average molecular weight is 369 g/mol. The number of amides is 1. The molecule has 1 heterocycles. The number of anilines is 1. The van der Waals surface area contributed by atoms with Crippen molar-refractivity contribution in [3.8, 4) is 11.4 Å². The first kappa shape index (κ1) is 17.9. The molecule has 3 aromatic rings. The molecule has 2 aromatic carbocycles. The molecular formula is C18H19N5O2S. The Kier molecular flexibility index (Phi) is 5.52. The maximum absolute atomic E-state index is 12.5. The maximum atomic E-state index is 12.5. The minimum Gasteiger partial charge on any atom is -0.497 e. The van der Waals surface area contributed by atoms with Crippen molar-refractivity contribution in [2.24, 2.45) is 0 Å². The summed E-state index contributed by atoms with van der Waals surface area (Å²) in [5.41, 5.74) is 2.65. The summed E-state index contributed by atoms with van der Waals surface area (Å²) < 4.78 is 6.76. The SMILES string of the molecule is COc1ccc(NC(=O)C(C)Sc2nnnn2-c2ccccc2C)cc1. The average Bonchev–Trinajstić information content (AvgIpc) is 3.10. The van der Waals surface area contributed by atoms with Crippen LogP contribution in [0.2, 0.25) is 0 Å². The van der Waals surface area contributed by atoms with Gasteiger partial charge in [-0.05, 0) is 60.2 Å². The van der Waals surface area contributed by atoms with Crippen molar-refractivity contribution in [3.05, 3.63) is 54.1 Å². The van der Waals surface area contributed by atoms with Crippen LogP contribution in [0, 0.1) is 6.92 Å². The highest BCUT2D eigenvalue weighted by Crippen LogP contribution is 2.25. The molecule has 26 heavy (non-hydrogen) atoms. The van der Waals surface area contributed by atoms with Gasteiger partial charge in [0.1, 0.15) is 5.75 Å². The highest BCUT2D eigenvalue weighted by Gasteiger charge is 2.20. The Balaban J connectivity index is 1.70. The number of nitrogens with zero attached hydrogens (tertiary/aromatic N) is 4. The molecule has 0 fully saturated rings. The monoisotopic (exact) mass is 369 g/mol. The van der Waals surface area contributed by atoms with E-state index in [1.165, 1.54) is 11.8 Å². The van der Waals surface area contributed by atoms with Gasteiger partial charge >= 0.3 is 0 Å². The van der Waals surface area contributed by atoms with Gasteiger partial charge in [0.15, 0.2) is 0 Å². The van der Waals surface area contributed by atoms with Gasteiger partial charge in [-0.1, -0.05) is 30.0 Å². The molecule has 0 saturated carbocycles. The van der Waals surface area contributed by atoms with Crippen molar-refractivity contribution in [2.75, 3.05) is 12.4 Å². The predicted molar refractivity (Wildman–Crippen MR) is 101 cm³/mol. The van der Waals surface area contributed by atoms with E-state index in [9.17, 15) is 4.79 Å². The largest absolute Gasteiger partial charge is 0.497 e. The zero-order chi connectivity index (χ0) is 18.5. The minimum absolute atomic E-state index is 0.125. The molecule has 0 radical (unpaired) electrons. The second-order valence-electron chi connectivity index (χ2n) is 5.64. The summed E-state index contributed by atoms with van der Waals surface area (Å²) in [5, 5.41) is 14.9. The minimum atomic E-state index is -0.370. The van der Waals surface area contributed by atoms with Crippen LogP contribution in [0.5, 0.6) is 5.75 Å². The van der Waals surface area contributed by atoms with Crippen molar-refractivity contribution in [3.63, 3.8) is 0 Å². The number of carbonyl (C=O) groups excluding carboxylic acids is 1. The Hall–Kier alpha value is -2.87. The van der Waals surface area contributed by atoms with Crippen LogP contribution in [0.3, 0.4) is 0 Å². The van der Waals surface area contributed by atoms with Crippen LogP contribution in [0.1, 0.15) is 12.5 Å². The Morgan fingerprint density at radius 1 is 1.19 bits per heavy atom. The molecule has 0 aliphatic rings. The summed E-state index contributed by atoms with van der Waals surface area (Å²) in [6, 6.07) is 15.0. The molecular weight excluding hydrogens is 350 g/mol. The lowest BCUT2D eigenvalue weighted by Crippen LogP contribution is -2.22. The fourth-order valence-electron chi connectivity index (χ4n) is 2.33. The van der Waals surface area contributed by atoms with E-state index in [1.807, 2.05) is 38.1 Å². The van der Waals surface area contributed by atoms with Crippen LogP contribution in [0.4, 0.5) is 5.69 Å². The fourth-order valence-corrected chi connectivity index (χ4v) is 3.14. The molecule has 8 heteroatoms. The van der Waals surface area contributed by atoms with E-state index in [2.05, 4.69) is 20.8 Å². The number of hydrogen-bond donors (Lipinski definition) is 1. The number of para-hydroxylation sites is 1. The maximum Gasteiger partial charge on any atom is 0.237 e. The third-order valence-electron chi connectivity index (χ3n) is 3.79. The Morgan fingerprint density at radius 2 is 1.92 bits per heavy atom. The number of benzene rings is 2. The molecule has 0 spiro atoms. The molecule has 0 aliphatic heterocycles. The van der Waals surface area contributed by atoms with Crippen molar-refractivity contribution < 1.29 is 9.53 Å². The van der Waals surface area contributed by atoms with Crippen LogP contribution < -0.4 is 10.1 Å². The number of ether oxygens (including phenoxy) is 1. The number of nitrogens with one attached hydrogen (secondary N) is 1. The molecule has 1 amide bonds. The van der Waals surface area contributed by atoms with E-state index < -0.39 is 0 Å². The van der Waals surface area contributed by atoms with Gasteiger partial charge in [-0.15, -0.1) is 5.10 Å². The number of methoxy groups -OCH3 is 1. The summed E-state index contributed by atoms with van der Waals surface area (Å²) in [6.45, 7) is 3.81. The molecule has 7 nitrogen and oxygen atoms in total. The molecule has 1 N–H and O–H groups in total. The number of thioether (sulfide) groups is 1. The summed E-state index contributed by atoms with van der Waals surface area (Å²) in [7, 11) is 1.60. The van der Waals surface area contributed by atoms with Gasteiger partial charge in [0.05, 0.1) is 18.0 Å². The number of carbonyl (C=O) groups is 1. The van der Waals surface area contributed by atoms with Gasteiger partial charge in [-0.3, -0.25) is 4.79 Å². The van der Waals surface area contributed by atoms with Crippen molar-refractivity contribution in [1.29, 1.82) is 0 Å². The van der Waals surface area contributed by atoms with Crippen LogP contribution >= 0.6 is 11.8 Å². The van der Waals surface area contributed by atoms with Gasteiger partial charge in [0.25, 0.3) is 0 Å². The second kappa shape index (κ2) is 8.01. The van der Waals surface area contributed by atoms with Crippen molar-refractivity contribution in [2.45, 2.75) is 24.3 Å². The van der Waals surface area contributed by atoms with Crippen molar-refractivity contribution >= 4 is 23.4 Å². The Morgan fingerprint density at radius 3 is 2.62 bits per heavy atom.